The number of hydrogen-bond donors (Lipinski definition) is 1. The predicted octanol–water partition coefficient (Wildman–Crippen LogP) is 2.91. The van der Waals surface area contributed by atoms with E-state index in [2.05, 4.69) is 11.9 Å². The van der Waals surface area contributed by atoms with Crippen LogP contribution in [0.1, 0.15) is 25.8 Å². The molecule has 1 aromatic rings. The average Bonchev–Trinajstić information content (AvgIpc) is 2.27. The summed E-state index contributed by atoms with van der Waals surface area (Å²) < 4.78 is 0. The van der Waals surface area contributed by atoms with E-state index in [1.807, 2.05) is 50.3 Å². The lowest BCUT2D eigenvalue weighted by molar-refractivity contribution is -0.122. The smallest absolute Gasteiger partial charge is 0.221 e. The fraction of sp³-hybridized carbons (Fsp3) is 0.357. The van der Waals surface area contributed by atoms with Crippen LogP contribution < -0.4 is 5.32 Å². The number of allylic oxidation sites excluding steroid dienone is 1. The van der Waals surface area contributed by atoms with Gasteiger partial charge >= 0.3 is 0 Å². The molecule has 86 valence electrons. The van der Waals surface area contributed by atoms with Gasteiger partial charge in [-0.1, -0.05) is 50.3 Å². The Morgan fingerprint density at radius 2 is 2.00 bits per heavy atom. The van der Waals surface area contributed by atoms with Gasteiger partial charge in [0.1, 0.15) is 0 Å². The third-order valence-electron chi connectivity index (χ3n) is 2.50. The Balaban J connectivity index is 2.39. The van der Waals surface area contributed by atoms with E-state index in [-0.39, 0.29) is 11.3 Å². The molecule has 2 nitrogen and oxygen atoms in total. The number of carbonyl (C=O) groups is 1. The molecule has 0 spiro atoms. The van der Waals surface area contributed by atoms with Crippen LogP contribution in [-0.2, 0) is 11.3 Å². The highest BCUT2D eigenvalue weighted by Gasteiger charge is 2.17. The zero-order valence-corrected chi connectivity index (χ0v) is 9.99. The fourth-order valence-corrected chi connectivity index (χ4v) is 1.34. The zero-order valence-electron chi connectivity index (χ0n) is 9.99. The summed E-state index contributed by atoms with van der Waals surface area (Å²) in [5.41, 5.74) is 0.980. The molecule has 0 heterocycles. The number of nitrogens with one attached hydrogen (secondary N) is 1. The van der Waals surface area contributed by atoms with Crippen molar-refractivity contribution in [2.45, 2.75) is 26.8 Å². The van der Waals surface area contributed by atoms with Gasteiger partial charge < -0.3 is 5.32 Å². The van der Waals surface area contributed by atoms with Crippen LogP contribution in [0.4, 0.5) is 0 Å². The summed E-state index contributed by atoms with van der Waals surface area (Å²) in [5.74, 6) is 0.0637. The molecule has 1 aromatic carbocycles. The van der Waals surface area contributed by atoms with Crippen LogP contribution in [0.15, 0.2) is 43.0 Å². The Bertz CT molecular complexity index is 354. The summed E-state index contributed by atoms with van der Waals surface area (Å²) in [6, 6.07) is 9.90. The second-order valence-corrected chi connectivity index (χ2v) is 4.63. The van der Waals surface area contributed by atoms with E-state index in [0.29, 0.717) is 13.0 Å². The van der Waals surface area contributed by atoms with Crippen LogP contribution in [0.2, 0.25) is 0 Å². The lowest BCUT2D eigenvalue weighted by Gasteiger charge is -2.18. The van der Waals surface area contributed by atoms with E-state index in [0.717, 1.165) is 5.56 Å². The van der Waals surface area contributed by atoms with Crippen molar-refractivity contribution < 1.29 is 4.79 Å². The van der Waals surface area contributed by atoms with Gasteiger partial charge in [0.15, 0.2) is 0 Å². The topological polar surface area (TPSA) is 29.1 Å². The van der Waals surface area contributed by atoms with E-state index in [1.54, 1.807) is 0 Å². The summed E-state index contributed by atoms with van der Waals surface area (Å²) in [4.78, 5) is 11.6. The predicted molar refractivity (Wildman–Crippen MR) is 66.9 cm³/mol. The molecule has 0 aliphatic carbocycles. The van der Waals surface area contributed by atoms with Gasteiger partial charge in [-0.25, -0.2) is 0 Å². The second kappa shape index (κ2) is 5.50. The van der Waals surface area contributed by atoms with Crippen molar-refractivity contribution in [2.24, 2.45) is 5.41 Å². The summed E-state index contributed by atoms with van der Waals surface area (Å²) in [7, 11) is 0. The first-order chi connectivity index (χ1) is 7.53. The molecule has 2 heteroatoms. The van der Waals surface area contributed by atoms with Crippen LogP contribution in [-0.4, -0.2) is 5.91 Å². The number of rotatable bonds is 5. The summed E-state index contributed by atoms with van der Waals surface area (Å²) in [5, 5.41) is 2.90. The minimum Gasteiger partial charge on any atom is -0.352 e. The Labute approximate surface area is 97.4 Å². The molecule has 0 aromatic heterocycles. The third-order valence-corrected chi connectivity index (χ3v) is 2.50. The van der Waals surface area contributed by atoms with Crippen molar-refractivity contribution in [1.82, 2.24) is 5.32 Å². The Morgan fingerprint density at radius 3 is 2.56 bits per heavy atom. The molecular weight excluding hydrogens is 198 g/mol. The molecule has 0 radical (unpaired) electrons. The molecule has 1 N–H and O–H groups in total. The normalized spacial score (nSPS) is 10.9. The largest absolute Gasteiger partial charge is 0.352 e. The molecule has 0 fully saturated rings. The van der Waals surface area contributed by atoms with Crippen molar-refractivity contribution in [3.05, 3.63) is 48.6 Å². The summed E-state index contributed by atoms with van der Waals surface area (Å²) in [6.07, 6.45) is 2.29. The van der Waals surface area contributed by atoms with E-state index >= 15 is 0 Å². The second-order valence-electron chi connectivity index (χ2n) is 4.63. The van der Waals surface area contributed by atoms with Crippen LogP contribution in [0, 0.1) is 5.41 Å². The Hall–Kier alpha value is -1.57. The number of carbonyl (C=O) groups excluding carboxylic acids is 1. The van der Waals surface area contributed by atoms with E-state index < -0.39 is 0 Å². The quantitative estimate of drug-likeness (QED) is 0.755. The minimum atomic E-state index is -0.138. The van der Waals surface area contributed by atoms with Gasteiger partial charge in [-0.05, 0) is 11.0 Å². The fourth-order valence-electron chi connectivity index (χ4n) is 1.34. The molecule has 0 aliphatic heterocycles. The number of amides is 1. The van der Waals surface area contributed by atoms with Crippen molar-refractivity contribution >= 4 is 5.91 Å². The van der Waals surface area contributed by atoms with Gasteiger partial charge in [0, 0.05) is 13.0 Å². The maximum absolute atomic E-state index is 11.6. The first kappa shape index (κ1) is 12.5. The van der Waals surface area contributed by atoms with Crippen LogP contribution in [0.5, 0.6) is 0 Å². The minimum absolute atomic E-state index is 0.0637. The average molecular weight is 217 g/mol. The van der Waals surface area contributed by atoms with Crippen LogP contribution >= 0.6 is 0 Å². The molecule has 1 rings (SSSR count). The van der Waals surface area contributed by atoms with Gasteiger partial charge in [0.05, 0.1) is 0 Å². The van der Waals surface area contributed by atoms with E-state index in [9.17, 15) is 4.79 Å². The molecule has 0 aliphatic rings. The number of benzene rings is 1. The summed E-state index contributed by atoms with van der Waals surface area (Å²) in [6.45, 7) is 8.32. The van der Waals surface area contributed by atoms with Crippen LogP contribution in [0.25, 0.3) is 0 Å². The van der Waals surface area contributed by atoms with Gasteiger partial charge in [-0.15, -0.1) is 6.58 Å². The van der Waals surface area contributed by atoms with Gasteiger partial charge in [-0.2, -0.15) is 0 Å². The van der Waals surface area contributed by atoms with Crippen LogP contribution in [0.3, 0.4) is 0 Å². The monoisotopic (exact) mass is 217 g/mol. The zero-order chi connectivity index (χ0) is 12.0. The molecule has 0 atom stereocenters. The summed E-state index contributed by atoms with van der Waals surface area (Å²) >= 11 is 0. The first-order valence-electron chi connectivity index (χ1n) is 5.48. The highest BCUT2D eigenvalue weighted by atomic mass is 16.1. The lowest BCUT2D eigenvalue weighted by atomic mass is 9.89. The molecular formula is C14H19NO. The maximum Gasteiger partial charge on any atom is 0.221 e. The highest BCUT2D eigenvalue weighted by Crippen LogP contribution is 2.20. The van der Waals surface area contributed by atoms with Crippen molar-refractivity contribution in [3.8, 4) is 0 Å². The molecule has 16 heavy (non-hydrogen) atoms. The third kappa shape index (κ3) is 4.30. The van der Waals surface area contributed by atoms with Crippen molar-refractivity contribution in [3.63, 3.8) is 0 Å². The van der Waals surface area contributed by atoms with Gasteiger partial charge in [0.2, 0.25) is 5.91 Å². The SMILES string of the molecule is C=CC(C)(C)CC(=O)NCc1ccccc1. The van der Waals surface area contributed by atoms with Crippen molar-refractivity contribution in [2.75, 3.05) is 0 Å². The van der Waals surface area contributed by atoms with E-state index in [4.69, 9.17) is 0 Å². The Morgan fingerprint density at radius 1 is 1.38 bits per heavy atom. The molecule has 0 unspecified atom stereocenters. The number of hydrogen-bond acceptors (Lipinski definition) is 1. The Kier molecular flexibility index (Phi) is 4.29. The molecule has 1 amide bonds. The van der Waals surface area contributed by atoms with Gasteiger partial charge in [-0.3, -0.25) is 4.79 Å². The maximum atomic E-state index is 11.6. The van der Waals surface area contributed by atoms with Crippen molar-refractivity contribution in [1.29, 1.82) is 0 Å². The first-order valence-corrected chi connectivity index (χ1v) is 5.48. The molecule has 0 saturated heterocycles. The molecule has 0 bridgehead atoms. The standard InChI is InChI=1S/C14H19NO/c1-4-14(2,3)10-13(16)15-11-12-8-6-5-7-9-12/h4-9H,1,10-11H2,2-3H3,(H,15,16). The molecule has 0 saturated carbocycles. The van der Waals surface area contributed by atoms with Gasteiger partial charge in [0.25, 0.3) is 0 Å². The lowest BCUT2D eigenvalue weighted by Crippen LogP contribution is -2.27. The highest BCUT2D eigenvalue weighted by molar-refractivity contribution is 5.76. The van der Waals surface area contributed by atoms with E-state index in [1.165, 1.54) is 0 Å².